The van der Waals surface area contributed by atoms with Crippen molar-refractivity contribution in [3.05, 3.63) is 0 Å². The van der Waals surface area contributed by atoms with E-state index in [-0.39, 0.29) is 12.8 Å². The summed E-state index contributed by atoms with van der Waals surface area (Å²) >= 11 is 0. The van der Waals surface area contributed by atoms with Crippen LogP contribution in [0.25, 0.3) is 0 Å². The highest BCUT2D eigenvalue weighted by molar-refractivity contribution is 4.87. The van der Waals surface area contributed by atoms with Gasteiger partial charge in [0.05, 0.1) is 6.07 Å². The Morgan fingerprint density at radius 3 is 2.92 bits per heavy atom. The molecule has 1 rings (SSSR count). The van der Waals surface area contributed by atoms with E-state index in [1.807, 2.05) is 6.07 Å². The van der Waals surface area contributed by atoms with Crippen molar-refractivity contribution in [3.8, 4) is 6.07 Å². The molecule has 0 aromatic carbocycles. The molecule has 0 amide bonds. The summed E-state index contributed by atoms with van der Waals surface area (Å²) in [6.07, 6.45) is 0.231. The second-order valence-corrected chi connectivity index (χ2v) is 3.11. The van der Waals surface area contributed by atoms with Gasteiger partial charge in [-0.2, -0.15) is 5.26 Å². The number of halogens is 2. The molecule has 1 fully saturated rings. The van der Waals surface area contributed by atoms with Gasteiger partial charge in [0.15, 0.2) is 0 Å². The normalized spacial score (nSPS) is 28.9. The Kier molecular flexibility index (Phi) is 2.99. The molecular formula is C8H12F2N2. The molecule has 0 spiro atoms. The van der Waals surface area contributed by atoms with Crippen LogP contribution in [0.2, 0.25) is 0 Å². The number of rotatable bonds is 1. The summed E-state index contributed by atoms with van der Waals surface area (Å²) in [4.78, 5) is 0. The highest BCUT2D eigenvalue weighted by Crippen LogP contribution is 2.33. The van der Waals surface area contributed by atoms with Gasteiger partial charge in [-0.15, -0.1) is 0 Å². The van der Waals surface area contributed by atoms with E-state index in [0.29, 0.717) is 19.5 Å². The lowest BCUT2D eigenvalue weighted by atomic mass is 9.94. The number of nitriles is 1. The first kappa shape index (κ1) is 9.40. The van der Waals surface area contributed by atoms with E-state index in [9.17, 15) is 8.78 Å². The average Bonchev–Trinajstić information content (AvgIpc) is 2.15. The second kappa shape index (κ2) is 3.81. The van der Waals surface area contributed by atoms with Crippen LogP contribution < -0.4 is 5.32 Å². The summed E-state index contributed by atoms with van der Waals surface area (Å²) in [5.41, 5.74) is 0. The fraction of sp³-hybridized carbons (Fsp3) is 0.875. The molecule has 0 aromatic rings. The van der Waals surface area contributed by atoms with Crippen LogP contribution in [0, 0.1) is 17.2 Å². The van der Waals surface area contributed by atoms with Gasteiger partial charge in [-0.25, -0.2) is 8.78 Å². The fourth-order valence-electron chi connectivity index (χ4n) is 1.43. The molecule has 1 N–H and O–H groups in total. The molecular weight excluding hydrogens is 162 g/mol. The van der Waals surface area contributed by atoms with Crippen LogP contribution in [0.3, 0.4) is 0 Å². The first-order chi connectivity index (χ1) is 5.67. The third kappa shape index (κ3) is 2.15. The molecule has 0 bridgehead atoms. The van der Waals surface area contributed by atoms with Gasteiger partial charge < -0.3 is 5.32 Å². The number of nitrogens with one attached hydrogen (secondary N) is 1. The summed E-state index contributed by atoms with van der Waals surface area (Å²) < 4.78 is 26.2. The number of hydrogen-bond acceptors (Lipinski definition) is 2. The molecule has 1 unspecified atom stereocenters. The van der Waals surface area contributed by atoms with Crippen LogP contribution in [-0.2, 0) is 0 Å². The largest absolute Gasteiger partial charge is 0.316 e. The lowest BCUT2D eigenvalue weighted by Gasteiger charge is -2.21. The summed E-state index contributed by atoms with van der Waals surface area (Å²) in [6.45, 7) is 0.955. The highest BCUT2D eigenvalue weighted by Gasteiger charge is 2.39. The smallest absolute Gasteiger partial charge is 0.253 e. The van der Waals surface area contributed by atoms with Gasteiger partial charge in [-0.05, 0) is 13.0 Å². The van der Waals surface area contributed by atoms with Gasteiger partial charge >= 0.3 is 0 Å². The standard InChI is InChI=1S/C8H12F2N2/c9-8(10)3-6-12-5-2-7(8)1-4-11/h7,12H,1-3,5-6H2. The van der Waals surface area contributed by atoms with Crippen molar-refractivity contribution in [2.24, 2.45) is 5.92 Å². The van der Waals surface area contributed by atoms with Gasteiger partial charge in [-0.3, -0.25) is 0 Å². The maximum absolute atomic E-state index is 13.1. The molecule has 4 heteroatoms. The summed E-state index contributed by atoms with van der Waals surface area (Å²) in [5.74, 6) is -3.41. The van der Waals surface area contributed by atoms with E-state index < -0.39 is 11.8 Å². The molecule has 1 aliphatic rings. The summed E-state index contributed by atoms with van der Waals surface area (Å²) in [5, 5.41) is 11.2. The monoisotopic (exact) mass is 174 g/mol. The lowest BCUT2D eigenvalue weighted by molar-refractivity contribution is -0.0586. The Bertz CT molecular complexity index is 186. The maximum Gasteiger partial charge on any atom is 0.253 e. The lowest BCUT2D eigenvalue weighted by Crippen LogP contribution is -2.27. The zero-order valence-electron chi connectivity index (χ0n) is 6.82. The quantitative estimate of drug-likeness (QED) is 0.654. The van der Waals surface area contributed by atoms with Gasteiger partial charge in [0, 0.05) is 25.3 Å². The Labute approximate surface area is 70.6 Å². The molecule has 68 valence electrons. The van der Waals surface area contributed by atoms with Crippen molar-refractivity contribution in [2.75, 3.05) is 13.1 Å². The first-order valence-corrected chi connectivity index (χ1v) is 4.12. The Morgan fingerprint density at radius 1 is 1.50 bits per heavy atom. The van der Waals surface area contributed by atoms with E-state index in [2.05, 4.69) is 5.32 Å². The van der Waals surface area contributed by atoms with E-state index in [1.165, 1.54) is 0 Å². The fourth-order valence-corrected chi connectivity index (χ4v) is 1.43. The highest BCUT2D eigenvalue weighted by atomic mass is 19.3. The molecule has 0 saturated carbocycles. The van der Waals surface area contributed by atoms with Crippen molar-refractivity contribution >= 4 is 0 Å². The molecule has 1 saturated heterocycles. The number of nitrogens with zero attached hydrogens (tertiary/aromatic N) is 1. The van der Waals surface area contributed by atoms with Crippen LogP contribution >= 0.6 is 0 Å². The molecule has 0 radical (unpaired) electrons. The third-order valence-corrected chi connectivity index (χ3v) is 2.24. The minimum Gasteiger partial charge on any atom is -0.316 e. The number of alkyl halides is 2. The van der Waals surface area contributed by atoms with Crippen molar-refractivity contribution in [1.82, 2.24) is 5.32 Å². The van der Waals surface area contributed by atoms with Crippen molar-refractivity contribution in [2.45, 2.75) is 25.2 Å². The molecule has 12 heavy (non-hydrogen) atoms. The third-order valence-electron chi connectivity index (χ3n) is 2.24. The van der Waals surface area contributed by atoms with Crippen LogP contribution in [0.4, 0.5) is 8.78 Å². The topological polar surface area (TPSA) is 35.8 Å². The Morgan fingerprint density at radius 2 is 2.25 bits per heavy atom. The van der Waals surface area contributed by atoms with Crippen molar-refractivity contribution < 1.29 is 8.78 Å². The van der Waals surface area contributed by atoms with Crippen LogP contribution in [0.1, 0.15) is 19.3 Å². The van der Waals surface area contributed by atoms with E-state index in [1.54, 1.807) is 0 Å². The predicted molar refractivity (Wildman–Crippen MR) is 40.8 cm³/mol. The zero-order valence-corrected chi connectivity index (χ0v) is 6.82. The number of hydrogen-bond donors (Lipinski definition) is 1. The molecule has 0 aromatic heterocycles. The molecule has 1 heterocycles. The molecule has 0 aliphatic carbocycles. The minimum absolute atomic E-state index is 0.0331. The van der Waals surface area contributed by atoms with Gasteiger partial charge in [0.1, 0.15) is 0 Å². The van der Waals surface area contributed by atoms with E-state index >= 15 is 0 Å². The summed E-state index contributed by atoms with van der Waals surface area (Å²) in [6, 6.07) is 1.81. The first-order valence-electron chi connectivity index (χ1n) is 4.12. The maximum atomic E-state index is 13.1. The van der Waals surface area contributed by atoms with Crippen LogP contribution in [0.5, 0.6) is 0 Å². The van der Waals surface area contributed by atoms with Gasteiger partial charge in [0.25, 0.3) is 5.92 Å². The predicted octanol–water partition coefficient (Wildman–Crippen LogP) is 1.53. The van der Waals surface area contributed by atoms with Crippen LogP contribution in [0.15, 0.2) is 0 Å². The Hall–Kier alpha value is -0.690. The molecule has 1 aliphatic heterocycles. The Balaban J connectivity index is 2.60. The van der Waals surface area contributed by atoms with Crippen molar-refractivity contribution in [3.63, 3.8) is 0 Å². The van der Waals surface area contributed by atoms with Gasteiger partial charge in [-0.1, -0.05) is 0 Å². The molecule has 2 nitrogen and oxygen atoms in total. The van der Waals surface area contributed by atoms with Crippen molar-refractivity contribution in [1.29, 1.82) is 5.26 Å². The second-order valence-electron chi connectivity index (χ2n) is 3.11. The van der Waals surface area contributed by atoms with E-state index in [4.69, 9.17) is 5.26 Å². The minimum atomic E-state index is -2.65. The van der Waals surface area contributed by atoms with Gasteiger partial charge in [0.2, 0.25) is 0 Å². The summed E-state index contributed by atoms with van der Waals surface area (Å²) in [7, 11) is 0. The zero-order chi connectivity index (χ0) is 9.03. The van der Waals surface area contributed by atoms with E-state index in [0.717, 1.165) is 0 Å². The van der Waals surface area contributed by atoms with Crippen LogP contribution in [-0.4, -0.2) is 19.0 Å². The molecule has 1 atom stereocenters. The SMILES string of the molecule is N#CCC1CCNCCC1(F)F. The average molecular weight is 174 g/mol.